The summed E-state index contributed by atoms with van der Waals surface area (Å²) in [5.74, 6) is -0.425. The van der Waals surface area contributed by atoms with Crippen molar-refractivity contribution in [1.82, 2.24) is 9.46 Å². The van der Waals surface area contributed by atoms with Crippen LogP contribution in [0.4, 0.5) is 5.69 Å². The monoisotopic (exact) mass is 479 g/mol. The maximum absolute atomic E-state index is 13.6. The van der Waals surface area contributed by atoms with Gasteiger partial charge >= 0.3 is 0 Å². The number of rotatable bonds is 6. The smallest absolute Gasteiger partial charge is 0.248 e. The highest BCUT2D eigenvalue weighted by Gasteiger charge is 2.37. The molecule has 7 nitrogen and oxygen atoms in total. The van der Waals surface area contributed by atoms with Crippen LogP contribution in [0.2, 0.25) is 0 Å². The lowest BCUT2D eigenvalue weighted by molar-refractivity contribution is -0.120. The number of hydrogen-bond acceptors (Lipinski definition) is 5. The number of nitrogens with zero attached hydrogens (tertiary/aromatic N) is 2. The molecule has 178 valence electrons. The summed E-state index contributed by atoms with van der Waals surface area (Å²) < 4.78 is 33.9. The second-order valence-electron chi connectivity index (χ2n) is 8.70. The van der Waals surface area contributed by atoms with Crippen molar-refractivity contribution in [3.8, 4) is 0 Å². The standard InChI is InChI=1S/C26H29N3O4S/c1-18-11-13-23(16-19(18)2)27-26(30)22-10-7-15-29(17-22)34(31,32)25-20(3)28-33-24(25)14-12-21-8-5-4-6-9-21/h4-6,8-9,11-14,16,22H,7,10,15,17H2,1-3H3,(H,27,30)/b14-12+/t22-/m0/s1. The van der Waals surface area contributed by atoms with Crippen LogP contribution in [0.1, 0.15) is 41.0 Å². The van der Waals surface area contributed by atoms with Gasteiger partial charge in [0.2, 0.25) is 15.9 Å². The van der Waals surface area contributed by atoms with Crippen LogP contribution < -0.4 is 5.32 Å². The summed E-state index contributed by atoms with van der Waals surface area (Å²) in [5.41, 5.74) is 4.17. The van der Waals surface area contributed by atoms with Crippen molar-refractivity contribution in [1.29, 1.82) is 0 Å². The number of sulfonamides is 1. The molecule has 0 saturated carbocycles. The first-order valence-electron chi connectivity index (χ1n) is 11.3. The Kier molecular flexibility index (Phi) is 7.00. The lowest BCUT2D eigenvalue weighted by atomic mass is 9.98. The van der Waals surface area contributed by atoms with Crippen LogP contribution in [0.15, 0.2) is 57.9 Å². The first-order chi connectivity index (χ1) is 16.3. The Labute approximate surface area is 200 Å². The largest absolute Gasteiger partial charge is 0.355 e. The van der Waals surface area contributed by atoms with Crippen LogP contribution in [0.25, 0.3) is 12.2 Å². The molecule has 1 saturated heterocycles. The fraction of sp³-hybridized carbons (Fsp3) is 0.308. The van der Waals surface area contributed by atoms with Gasteiger partial charge in [0.05, 0.1) is 5.92 Å². The van der Waals surface area contributed by atoms with Gasteiger partial charge in [-0.2, -0.15) is 4.31 Å². The van der Waals surface area contributed by atoms with Gasteiger partial charge in [-0.3, -0.25) is 4.79 Å². The highest BCUT2D eigenvalue weighted by atomic mass is 32.2. The van der Waals surface area contributed by atoms with E-state index in [-0.39, 0.29) is 23.1 Å². The van der Waals surface area contributed by atoms with E-state index in [1.165, 1.54) is 4.31 Å². The Bertz CT molecular complexity index is 1310. The van der Waals surface area contributed by atoms with E-state index in [1.54, 1.807) is 19.1 Å². The fourth-order valence-electron chi connectivity index (χ4n) is 4.10. The number of carbonyl (C=O) groups excluding carboxylic acids is 1. The number of nitrogens with one attached hydrogen (secondary N) is 1. The third kappa shape index (κ3) is 5.13. The van der Waals surface area contributed by atoms with E-state index >= 15 is 0 Å². The minimum Gasteiger partial charge on any atom is -0.355 e. The van der Waals surface area contributed by atoms with E-state index in [0.29, 0.717) is 25.1 Å². The van der Waals surface area contributed by atoms with Gasteiger partial charge in [-0.1, -0.05) is 47.6 Å². The first-order valence-corrected chi connectivity index (χ1v) is 12.8. The zero-order valence-electron chi connectivity index (χ0n) is 19.6. The van der Waals surface area contributed by atoms with E-state index in [4.69, 9.17) is 4.52 Å². The molecule has 34 heavy (non-hydrogen) atoms. The summed E-state index contributed by atoms with van der Waals surface area (Å²) in [4.78, 5) is 13.0. The number of piperidine rings is 1. The normalized spacial score (nSPS) is 17.2. The van der Waals surface area contributed by atoms with E-state index in [1.807, 2.05) is 62.4 Å². The Morgan fingerprint density at radius 3 is 2.59 bits per heavy atom. The maximum Gasteiger partial charge on any atom is 0.248 e. The van der Waals surface area contributed by atoms with Gasteiger partial charge < -0.3 is 9.84 Å². The summed E-state index contributed by atoms with van der Waals surface area (Å²) in [6, 6.07) is 15.3. The molecule has 2 heterocycles. The van der Waals surface area contributed by atoms with E-state index in [9.17, 15) is 13.2 Å². The van der Waals surface area contributed by atoms with Crippen molar-refractivity contribution >= 4 is 33.8 Å². The van der Waals surface area contributed by atoms with E-state index in [2.05, 4.69) is 10.5 Å². The van der Waals surface area contributed by atoms with Crippen LogP contribution in [-0.4, -0.2) is 36.9 Å². The van der Waals surface area contributed by atoms with Crippen molar-refractivity contribution in [2.75, 3.05) is 18.4 Å². The topological polar surface area (TPSA) is 92.5 Å². The van der Waals surface area contributed by atoms with Crippen LogP contribution in [-0.2, 0) is 14.8 Å². The first kappa shape index (κ1) is 23.9. The number of hydrogen-bond donors (Lipinski definition) is 1. The number of benzene rings is 2. The second-order valence-corrected chi connectivity index (χ2v) is 10.6. The van der Waals surface area contributed by atoms with Gasteiger partial charge in [0.25, 0.3) is 0 Å². The molecular weight excluding hydrogens is 450 g/mol. The second kappa shape index (κ2) is 9.95. The minimum atomic E-state index is -3.89. The summed E-state index contributed by atoms with van der Waals surface area (Å²) in [7, 11) is -3.89. The molecule has 0 bridgehead atoms. The fourth-order valence-corrected chi connectivity index (χ4v) is 5.88. The van der Waals surface area contributed by atoms with Crippen LogP contribution in [0.5, 0.6) is 0 Å². The minimum absolute atomic E-state index is 0.0508. The Morgan fingerprint density at radius 1 is 1.09 bits per heavy atom. The summed E-state index contributed by atoms with van der Waals surface area (Å²) in [5, 5.41) is 6.85. The zero-order chi connectivity index (χ0) is 24.3. The molecule has 0 unspecified atom stereocenters. The molecule has 4 rings (SSSR count). The van der Waals surface area contributed by atoms with Gasteiger partial charge in [-0.05, 0) is 68.5 Å². The number of anilines is 1. The molecule has 1 aromatic heterocycles. The van der Waals surface area contributed by atoms with Gasteiger partial charge in [-0.15, -0.1) is 0 Å². The molecule has 8 heteroatoms. The van der Waals surface area contributed by atoms with Gasteiger partial charge in [0.15, 0.2) is 10.7 Å². The quantitative estimate of drug-likeness (QED) is 0.548. The van der Waals surface area contributed by atoms with Crippen molar-refractivity contribution in [3.05, 3.63) is 76.7 Å². The summed E-state index contributed by atoms with van der Waals surface area (Å²) in [6.07, 6.45) is 4.64. The van der Waals surface area contributed by atoms with E-state index in [0.717, 1.165) is 22.4 Å². The molecule has 1 N–H and O–H groups in total. The summed E-state index contributed by atoms with van der Waals surface area (Å²) in [6.45, 7) is 6.09. The van der Waals surface area contributed by atoms with Gasteiger partial charge in [-0.25, -0.2) is 8.42 Å². The highest BCUT2D eigenvalue weighted by molar-refractivity contribution is 7.89. The van der Waals surface area contributed by atoms with Crippen molar-refractivity contribution in [2.24, 2.45) is 5.92 Å². The molecule has 0 spiro atoms. The van der Waals surface area contributed by atoms with Gasteiger partial charge in [0.1, 0.15) is 5.69 Å². The average molecular weight is 480 g/mol. The molecule has 3 aromatic rings. The third-order valence-corrected chi connectivity index (χ3v) is 8.21. The predicted molar refractivity (Wildman–Crippen MR) is 133 cm³/mol. The Hall–Kier alpha value is -3.23. The lowest BCUT2D eigenvalue weighted by Gasteiger charge is -2.31. The predicted octanol–water partition coefficient (Wildman–Crippen LogP) is 4.81. The SMILES string of the molecule is Cc1ccc(NC(=O)[C@H]2CCCN(S(=O)(=O)c3c(C)noc3/C=C/c3ccccc3)C2)cc1C. The third-order valence-electron chi connectivity index (χ3n) is 6.19. The van der Waals surface area contributed by atoms with Crippen molar-refractivity contribution < 1.29 is 17.7 Å². The molecule has 1 aliphatic rings. The van der Waals surface area contributed by atoms with Crippen LogP contribution in [0, 0.1) is 26.7 Å². The molecular formula is C26H29N3O4S. The lowest BCUT2D eigenvalue weighted by Crippen LogP contribution is -2.43. The molecule has 1 aliphatic heterocycles. The molecule has 0 aliphatic carbocycles. The van der Waals surface area contributed by atoms with E-state index < -0.39 is 15.9 Å². The average Bonchev–Trinajstić information content (AvgIpc) is 3.22. The molecule has 0 radical (unpaired) electrons. The maximum atomic E-state index is 13.6. The van der Waals surface area contributed by atoms with Crippen LogP contribution >= 0.6 is 0 Å². The zero-order valence-corrected chi connectivity index (χ0v) is 20.4. The molecule has 1 atom stereocenters. The Morgan fingerprint density at radius 2 is 1.85 bits per heavy atom. The molecule has 1 fully saturated rings. The molecule has 1 amide bonds. The summed E-state index contributed by atoms with van der Waals surface area (Å²) >= 11 is 0. The number of aromatic nitrogens is 1. The highest BCUT2D eigenvalue weighted by Crippen LogP contribution is 2.30. The van der Waals surface area contributed by atoms with Crippen molar-refractivity contribution in [2.45, 2.75) is 38.5 Å². The van der Waals surface area contributed by atoms with Crippen molar-refractivity contribution in [3.63, 3.8) is 0 Å². The number of carbonyl (C=O) groups is 1. The van der Waals surface area contributed by atoms with Crippen LogP contribution in [0.3, 0.4) is 0 Å². The number of aryl methyl sites for hydroxylation is 3. The van der Waals surface area contributed by atoms with Gasteiger partial charge in [0, 0.05) is 18.8 Å². The Balaban J connectivity index is 1.52. The number of amides is 1. The molecule has 2 aromatic carbocycles.